The maximum absolute atomic E-state index is 12.2. The van der Waals surface area contributed by atoms with Gasteiger partial charge in [0.1, 0.15) is 10.5 Å². The van der Waals surface area contributed by atoms with E-state index in [0.29, 0.717) is 0 Å². The first-order valence-corrected chi connectivity index (χ1v) is 22.0. The van der Waals surface area contributed by atoms with Gasteiger partial charge in [-0.25, -0.2) is 0 Å². The summed E-state index contributed by atoms with van der Waals surface area (Å²) in [6, 6.07) is 0. The van der Waals surface area contributed by atoms with Crippen molar-refractivity contribution in [2.24, 2.45) is 5.92 Å². The fourth-order valence-corrected chi connectivity index (χ4v) is 8.17. The summed E-state index contributed by atoms with van der Waals surface area (Å²) in [6.07, 6.45) is 44.6. The molecule has 0 aromatic rings. The van der Waals surface area contributed by atoms with Gasteiger partial charge >= 0.3 is 11.9 Å². The number of hydrogen-bond donors (Lipinski definition) is 2. The SMILES string of the molecule is CCCCCCCCCCCCCCCCCCC(CCCCCCCCCCCCCCCCCC)C(SC(C)C(=O)O)C(=O)O. The Morgan fingerprint density at radius 1 is 0.404 bits per heavy atom. The van der Waals surface area contributed by atoms with Gasteiger partial charge in [0.15, 0.2) is 0 Å². The van der Waals surface area contributed by atoms with Gasteiger partial charge < -0.3 is 10.2 Å². The van der Waals surface area contributed by atoms with Gasteiger partial charge in [0.05, 0.1) is 0 Å². The largest absolute Gasteiger partial charge is 0.480 e. The summed E-state index contributed by atoms with van der Waals surface area (Å²) in [6.45, 7) is 6.19. The smallest absolute Gasteiger partial charge is 0.316 e. The Bertz CT molecular complexity index is 633. The second-order valence-electron chi connectivity index (χ2n) is 14.8. The Kier molecular flexibility index (Phi) is 36.0. The van der Waals surface area contributed by atoms with Gasteiger partial charge in [-0.2, -0.15) is 0 Å². The Hall–Kier alpha value is -0.710. The van der Waals surface area contributed by atoms with Crippen molar-refractivity contribution < 1.29 is 19.8 Å². The van der Waals surface area contributed by atoms with Gasteiger partial charge in [0.25, 0.3) is 0 Å². The minimum Gasteiger partial charge on any atom is -0.480 e. The number of hydrogen-bond acceptors (Lipinski definition) is 3. The van der Waals surface area contributed by atoms with Gasteiger partial charge in [-0.1, -0.05) is 219 Å². The minimum absolute atomic E-state index is 0.0672. The summed E-state index contributed by atoms with van der Waals surface area (Å²) in [5.74, 6) is -1.68. The van der Waals surface area contributed by atoms with Crippen LogP contribution in [0, 0.1) is 5.92 Å². The monoisotopic (exact) mass is 683 g/mol. The topological polar surface area (TPSA) is 74.6 Å². The molecular weight excluding hydrogens is 601 g/mol. The Morgan fingerprint density at radius 3 is 0.851 bits per heavy atom. The lowest BCUT2D eigenvalue weighted by atomic mass is 9.91. The summed E-state index contributed by atoms with van der Waals surface area (Å²) in [4.78, 5) is 23.7. The first-order valence-electron chi connectivity index (χ1n) is 21.0. The number of carbonyl (C=O) groups is 2. The first kappa shape index (κ1) is 46.3. The van der Waals surface area contributed by atoms with Crippen LogP contribution < -0.4 is 0 Å². The van der Waals surface area contributed by atoms with Crippen LogP contribution in [0.2, 0.25) is 0 Å². The number of carboxylic acid groups (broad SMARTS) is 2. The molecule has 0 saturated carbocycles. The van der Waals surface area contributed by atoms with Gasteiger partial charge in [-0.05, 0) is 25.7 Å². The van der Waals surface area contributed by atoms with Crippen LogP contribution in [-0.2, 0) is 9.59 Å². The molecule has 0 fully saturated rings. The Morgan fingerprint density at radius 2 is 0.638 bits per heavy atom. The lowest BCUT2D eigenvalue weighted by Gasteiger charge is -2.25. The fourth-order valence-electron chi connectivity index (χ4n) is 7.01. The van der Waals surface area contributed by atoms with Crippen LogP contribution in [0.5, 0.6) is 0 Å². The quantitative estimate of drug-likeness (QED) is 0.0631. The maximum atomic E-state index is 12.2. The molecule has 0 rings (SSSR count). The van der Waals surface area contributed by atoms with Crippen LogP contribution in [0.15, 0.2) is 0 Å². The third kappa shape index (κ3) is 32.3. The summed E-state index contributed by atoms with van der Waals surface area (Å²) in [5.41, 5.74) is 0. The normalized spacial score (nSPS) is 12.9. The van der Waals surface area contributed by atoms with Crippen LogP contribution in [0.1, 0.15) is 239 Å². The van der Waals surface area contributed by atoms with Crippen molar-refractivity contribution in [2.75, 3.05) is 0 Å². The average Bonchev–Trinajstić information content (AvgIpc) is 3.05. The molecule has 2 atom stereocenters. The van der Waals surface area contributed by atoms with E-state index in [-0.39, 0.29) is 5.92 Å². The molecule has 0 aromatic carbocycles. The average molecular weight is 683 g/mol. The highest BCUT2D eigenvalue weighted by Crippen LogP contribution is 2.32. The molecule has 0 radical (unpaired) electrons. The van der Waals surface area contributed by atoms with Crippen molar-refractivity contribution in [2.45, 2.75) is 250 Å². The predicted molar refractivity (Wildman–Crippen MR) is 208 cm³/mol. The number of aliphatic carboxylic acids is 2. The molecule has 0 bridgehead atoms. The van der Waals surface area contributed by atoms with Crippen molar-refractivity contribution in [1.82, 2.24) is 0 Å². The molecule has 280 valence electrons. The highest BCUT2D eigenvalue weighted by molar-refractivity contribution is 8.01. The zero-order valence-corrected chi connectivity index (χ0v) is 32.7. The van der Waals surface area contributed by atoms with E-state index >= 15 is 0 Å². The van der Waals surface area contributed by atoms with Gasteiger partial charge in [0.2, 0.25) is 0 Å². The van der Waals surface area contributed by atoms with Crippen molar-refractivity contribution in [3.8, 4) is 0 Å². The summed E-state index contributed by atoms with van der Waals surface area (Å²) >= 11 is 1.15. The van der Waals surface area contributed by atoms with Crippen LogP contribution >= 0.6 is 11.8 Å². The first-order chi connectivity index (χ1) is 22.9. The molecule has 0 spiro atoms. The maximum Gasteiger partial charge on any atom is 0.316 e. The lowest BCUT2D eigenvalue weighted by Crippen LogP contribution is -2.30. The van der Waals surface area contributed by atoms with Gasteiger partial charge in [-0.3, -0.25) is 9.59 Å². The number of unbranched alkanes of at least 4 members (excludes halogenated alkanes) is 30. The van der Waals surface area contributed by atoms with Crippen LogP contribution in [0.3, 0.4) is 0 Å². The molecule has 2 N–H and O–H groups in total. The van der Waals surface area contributed by atoms with Gasteiger partial charge in [-0.15, -0.1) is 11.8 Å². The molecule has 2 unspecified atom stereocenters. The van der Waals surface area contributed by atoms with Crippen LogP contribution in [0.25, 0.3) is 0 Å². The van der Waals surface area contributed by atoms with Crippen LogP contribution in [-0.4, -0.2) is 32.7 Å². The van der Waals surface area contributed by atoms with E-state index in [1.807, 2.05) is 0 Å². The predicted octanol–water partition coefficient (Wildman–Crippen LogP) is 14.6. The van der Waals surface area contributed by atoms with E-state index in [1.165, 1.54) is 193 Å². The molecule has 0 aromatic heterocycles. The van der Waals surface area contributed by atoms with Crippen molar-refractivity contribution in [3.63, 3.8) is 0 Å². The molecule has 0 saturated heterocycles. The molecule has 0 aliphatic rings. The number of thioether (sulfide) groups is 1. The van der Waals surface area contributed by atoms with E-state index < -0.39 is 22.4 Å². The molecule has 4 nitrogen and oxygen atoms in total. The van der Waals surface area contributed by atoms with Crippen molar-refractivity contribution >= 4 is 23.7 Å². The highest BCUT2D eigenvalue weighted by Gasteiger charge is 2.31. The standard InChI is InChI=1S/C42H82O4S/c1-4-6-8-10-12-14-16-18-20-22-24-26-28-30-32-34-36-39(40(42(45)46)47-38(3)41(43)44)37-35-33-31-29-27-25-23-21-19-17-15-13-11-9-7-5-2/h38-40H,4-37H2,1-3H3,(H,43,44)(H,45,46). The molecule has 5 heteroatoms. The second-order valence-corrected chi connectivity index (χ2v) is 16.3. The van der Waals surface area contributed by atoms with Crippen molar-refractivity contribution in [3.05, 3.63) is 0 Å². The van der Waals surface area contributed by atoms with E-state index in [1.54, 1.807) is 6.92 Å². The molecule has 47 heavy (non-hydrogen) atoms. The zero-order chi connectivity index (χ0) is 34.6. The summed E-state index contributed by atoms with van der Waals surface area (Å²) in [5, 5.41) is 18.2. The molecular formula is C42H82O4S. The van der Waals surface area contributed by atoms with Crippen LogP contribution in [0.4, 0.5) is 0 Å². The van der Waals surface area contributed by atoms with E-state index in [4.69, 9.17) is 0 Å². The Labute approximate surface area is 298 Å². The lowest BCUT2D eigenvalue weighted by molar-refractivity contribution is -0.137. The van der Waals surface area contributed by atoms with Crippen molar-refractivity contribution in [1.29, 1.82) is 0 Å². The highest BCUT2D eigenvalue weighted by atomic mass is 32.2. The molecule has 0 aliphatic heterocycles. The third-order valence-electron chi connectivity index (χ3n) is 10.2. The molecule has 0 amide bonds. The summed E-state index contributed by atoms with van der Waals surface area (Å²) in [7, 11) is 0. The summed E-state index contributed by atoms with van der Waals surface area (Å²) < 4.78 is 0. The van der Waals surface area contributed by atoms with E-state index in [2.05, 4.69) is 13.8 Å². The molecule has 0 heterocycles. The Balaban J connectivity index is 4.10. The number of carboxylic acids is 2. The minimum atomic E-state index is -0.912. The molecule has 0 aliphatic carbocycles. The van der Waals surface area contributed by atoms with E-state index in [9.17, 15) is 19.8 Å². The second kappa shape index (κ2) is 36.6. The van der Waals surface area contributed by atoms with Gasteiger partial charge in [0, 0.05) is 0 Å². The third-order valence-corrected chi connectivity index (χ3v) is 11.7. The van der Waals surface area contributed by atoms with E-state index in [0.717, 1.165) is 37.4 Å². The zero-order valence-electron chi connectivity index (χ0n) is 31.9. The fraction of sp³-hybridized carbons (Fsp3) is 0.952. The number of rotatable bonds is 39.